The standard InChI is InChI=1S/C28H31N3O6/c1-17(32)37-21-7-5-6-20(14-21)25(34)30-12-10-18(11-13-30)16-29-24(33)19-8-9-22-23(15-19)27(36)31(26(22)35)28(2,3)4/h5-9,14-15,18H,10-13,16H2,1-4H3,(H,29,33). The lowest BCUT2D eigenvalue weighted by molar-refractivity contribution is -0.131. The van der Waals surface area contributed by atoms with Crippen LogP contribution in [0.5, 0.6) is 5.75 Å². The maximum Gasteiger partial charge on any atom is 0.308 e. The molecule has 2 aromatic rings. The van der Waals surface area contributed by atoms with Gasteiger partial charge in [0.25, 0.3) is 23.6 Å². The highest BCUT2D eigenvalue weighted by molar-refractivity contribution is 6.22. The van der Waals surface area contributed by atoms with Gasteiger partial charge in [-0.1, -0.05) is 6.07 Å². The average Bonchev–Trinajstić information content (AvgIpc) is 3.11. The Balaban J connectivity index is 1.31. The minimum absolute atomic E-state index is 0.127. The van der Waals surface area contributed by atoms with Gasteiger partial charge in [0.2, 0.25) is 0 Å². The molecule has 0 radical (unpaired) electrons. The third-order valence-electron chi connectivity index (χ3n) is 6.62. The number of nitrogens with zero attached hydrogens (tertiary/aromatic N) is 2. The summed E-state index contributed by atoms with van der Waals surface area (Å²) in [7, 11) is 0. The van der Waals surface area contributed by atoms with Gasteiger partial charge in [-0.3, -0.25) is 28.9 Å². The number of amides is 4. The van der Waals surface area contributed by atoms with Crippen LogP contribution in [-0.2, 0) is 4.79 Å². The Morgan fingerprint density at radius 2 is 1.62 bits per heavy atom. The molecule has 0 bridgehead atoms. The van der Waals surface area contributed by atoms with Gasteiger partial charge in [-0.15, -0.1) is 0 Å². The van der Waals surface area contributed by atoms with Gasteiger partial charge in [0.1, 0.15) is 5.75 Å². The van der Waals surface area contributed by atoms with E-state index in [2.05, 4.69) is 5.32 Å². The number of benzene rings is 2. The molecule has 1 saturated heterocycles. The number of carbonyl (C=O) groups excluding carboxylic acids is 5. The molecule has 0 unspecified atom stereocenters. The van der Waals surface area contributed by atoms with E-state index in [0.717, 1.165) is 12.8 Å². The second-order valence-corrected chi connectivity index (χ2v) is 10.4. The Labute approximate surface area is 215 Å². The molecule has 2 heterocycles. The van der Waals surface area contributed by atoms with E-state index in [-0.39, 0.29) is 29.2 Å². The lowest BCUT2D eigenvalue weighted by Crippen LogP contribution is -2.45. The number of fused-ring (bicyclic) bond motifs is 1. The number of ether oxygens (including phenoxy) is 1. The highest BCUT2D eigenvalue weighted by Crippen LogP contribution is 2.30. The zero-order valence-corrected chi connectivity index (χ0v) is 21.5. The quantitative estimate of drug-likeness (QED) is 0.379. The van der Waals surface area contributed by atoms with Crippen LogP contribution in [0.25, 0.3) is 0 Å². The fourth-order valence-electron chi connectivity index (χ4n) is 4.71. The summed E-state index contributed by atoms with van der Waals surface area (Å²) in [4.78, 5) is 65.3. The maximum absolute atomic E-state index is 12.9. The van der Waals surface area contributed by atoms with Crippen molar-refractivity contribution in [3.8, 4) is 5.75 Å². The fraction of sp³-hybridized carbons (Fsp3) is 0.393. The number of esters is 1. The molecule has 194 valence electrons. The van der Waals surface area contributed by atoms with Gasteiger partial charge in [-0.05, 0) is 75.9 Å². The minimum atomic E-state index is -0.656. The molecule has 37 heavy (non-hydrogen) atoms. The molecule has 2 aliphatic rings. The minimum Gasteiger partial charge on any atom is -0.427 e. The lowest BCUT2D eigenvalue weighted by Gasteiger charge is -2.32. The van der Waals surface area contributed by atoms with Crippen LogP contribution >= 0.6 is 0 Å². The summed E-state index contributed by atoms with van der Waals surface area (Å²) >= 11 is 0. The Bertz CT molecular complexity index is 1270. The summed E-state index contributed by atoms with van der Waals surface area (Å²) in [6, 6.07) is 11.2. The van der Waals surface area contributed by atoms with Crippen molar-refractivity contribution in [3.63, 3.8) is 0 Å². The van der Waals surface area contributed by atoms with E-state index >= 15 is 0 Å². The number of hydrogen-bond donors (Lipinski definition) is 1. The van der Waals surface area contributed by atoms with Crippen molar-refractivity contribution in [1.29, 1.82) is 0 Å². The Kier molecular flexibility index (Phi) is 7.16. The number of nitrogens with one attached hydrogen (secondary N) is 1. The molecular formula is C28H31N3O6. The molecular weight excluding hydrogens is 474 g/mol. The summed E-state index contributed by atoms with van der Waals surface area (Å²) < 4.78 is 5.07. The molecule has 9 nitrogen and oxygen atoms in total. The van der Waals surface area contributed by atoms with Crippen molar-refractivity contribution in [2.75, 3.05) is 19.6 Å². The SMILES string of the molecule is CC(=O)Oc1cccc(C(=O)N2CCC(CNC(=O)c3ccc4c(c3)C(=O)N(C(C)(C)C)C4=O)CC2)c1. The van der Waals surface area contributed by atoms with E-state index < -0.39 is 17.4 Å². The van der Waals surface area contributed by atoms with E-state index in [1.807, 2.05) is 0 Å². The van der Waals surface area contributed by atoms with Crippen molar-refractivity contribution in [3.05, 3.63) is 64.7 Å². The average molecular weight is 506 g/mol. The first-order chi connectivity index (χ1) is 17.5. The first kappa shape index (κ1) is 26.1. The van der Waals surface area contributed by atoms with Crippen LogP contribution in [-0.4, -0.2) is 64.6 Å². The lowest BCUT2D eigenvalue weighted by atomic mass is 9.96. The molecule has 4 amide bonds. The molecule has 2 aromatic carbocycles. The first-order valence-corrected chi connectivity index (χ1v) is 12.3. The number of imide groups is 1. The Morgan fingerprint density at radius 1 is 0.946 bits per heavy atom. The summed E-state index contributed by atoms with van der Waals surface area (Å²) in [6.07, 6.45) is 1.46. The summed E-state index contributed by atoms with van der Waals surface area (Å²) in [5.74, 6) is -1.08. The van der Waals surface area contributed by atoms with Crippen LogP contribution in [0.15, 0.2) is 42.5 Å². The second-order valence-electron chi connectivity index (χ2n) is 10.4. The van der Waals surface area contributed by atoms with Crippen LogP contribution in [0.1, 0.15) is 82.0 Å². The van der Waals surface area contributed by atoms with Gasteiger partial charge >= 0.3 is 5.97 Å². The van der Waals surface area contributed by atoms with Crippen LogP contribution in [0.2, 0.25) is 0 Å². The van der Waals surface area contributed by atoms with E-state index in [0.29, 0.717) is 42.1 Å². The van der Waals surface area contributed by atoms with Crippen molar-refractivity contribution < 1.29 is 28.7 Å². The summed E-state index contributed by atoms with van der Waals surface area (Å²) in [5.41, 5.74) is 0.692. The Hall–Kier alpha value is -4.01. The van der Waals surface area contributed by atoms with Crippen LogP contribution < -0.4 is 10.1 Å². The monoisotopic (exact) mass is 505 g/mol. The number of likely N-dealkylation sites (tertiary alicyclic amines) is 1. The van der Waals surface area contributed by atoms with E-state index in [1.54, 1.807) is 56.0 Å². The number of hydrogen-bond acceptors (Lipinski definition) is 6. The Morgan fingerprint density at radius 3 is 2.27 bits per heavy atom. The molecule has 0 spiro atoms. The predicted octanol–water partition coefficient (Wildman–Crippen LogP) is 3.29. The number of rotatable bonds is 5. The first-order valence-electron chi connectivity index (χ1n) is 12.3. The molecule has 9 heteroatoms. The van der Waals surface area contributed by atoms with Crippen molar-refractivity contribution in [1.82, 2.24) is 15.1 Å². The van der Waals surface area contributed by atoms with Crippen LogP contribution in [0, 0.1) is 5.92 Å². The van der Waals surface area contributed by atoms with Gasteiger partial charge in [-0.25, -0.2) is 0 Å². The highest BCUT2D eigenvalue weighted by Gasteiger charge is 2.42. The maximum atomic E-state index is 12.9. The van der Waals surface area contributed by atoms with Crippen molar-refractivity contribution >= 4 is 29.6 Å². The molecule has 0 atom stereocenters. The molecule has 0 saturated carbocycles. The highest BCUT2D eigenvalue weighted by atomic mass is 16.5. The van der Waals surface area contributed by atoms with Gasteiger partial charge in [0.15, 0.2) is 0 Å². The van der Waals surface area contributed by atoms with Crippen molar-refractivity contribution in [2.45, 2.75) is 46.1 Å². The molecule has 4 rings (SSSR count). The van der Waals surface area contributed by atoms with Crippen LogP contribution in [0.4, 0.5) is 0 Å². The zero-order chi connectivity index (χ0) is 26.9. The third kappa shape index (κ3) is 5.55. The molecule has 2 aliphatic heterocycles. The van der Waals surface area contributed by atoms with Gasteiger partial charge in [0, 0.05) is 43.2 Å². The molecule has 0 aliphatic carbocycles. The smallest absolute Gasteiger partial charge is 0.308 e. The topological polar surface area (TPSA) is 113 Å². The molecule has 0 aromatic heterocycles. The largest absolute Gasteiger partial charge is 0.427 e. The number of piperidine rings is 1. The normalized spacial score (nSPS) is 16.0. The van der Waals surface area contributed by atoms with E-state index in [9.17, 15) is 24.0 Å². The van der Waals surface area contributed by atoms with Crippen LogP contribution in [0.3, 0.4) is 0 Å². The molecule has 1 N–H and O–H groups in total. The van der Waals surface area contributed by atoms with Gasteiger partial charge in [-0.2, -0.15) is 0 Å². The molecule has 1 fully saturated rings. The third-order valence-corrected chi connectivity index (χ3v) is 6.62. The fourth-order valence-corrected chi connectivity index (χ4v) is 4.71. The summed E-state index contributed by atoms with van der Waals surface area (Å²) in [6.45, 7) is 8.23. The van der Waals surface area contributed by atoms with Gasteiger partial charge < -0.3 is 15.0 Å². The zero-order valence-electron chi connectivity index (χ0n) is 21.5. The second kappa shape index (κ2) is 10.2. The van der Waals surface area contributed by atoms with E-state index in [4.69, 9.17) is 4.74 Å². The predicted molar refractivity (Wildman–Crippen MR) is 135 cm³/mol. The number of carbonyl (C=O) groups is 5. The van der Waals surface area contributed by atoms with E-state index in [1.165, 1.54) is 24.0 Å². The summed E-state index contributed by atoms with van der Waals surface area (Å²) in [5, 5.41) is 2.93. The van der Waals surface area contributed by atoms with Crippen molar-refractivity contribution in [2.24, 2.45) is 5.92 Å². The van der Waals surface area contributed by atoms with Gasteiger partial charge in [0.05, 0.1) is 11.1 Å².